The van der Waals surface area contributed by atoms with Gasteiger partial charge in [-0.05, 0) is 38.0 Å². The minimum Gasteiger partial charge on any atom is -0.378 e. The first-order chi connectivity index (χ1) is 14.0. The summed E-state index contributed by atoms with van der Waals surface area (Å²) in [5.41, 5.74) is 3.92. The van der Waals surface area contributed by atoms with Crippen molar-refractivity contribution >= 4 is 11.6 Å². The summed E-state index contributed by atoms with van der Waals surface area (Å²) in [6, 6.07) is 15.9. The first-order valence-electron chi connectivity index (χ1n) is 9.98. The number of aryl methyl sites for hydroxylation is 1. The number of rotatable bonds is 4. The molecule has 2 aromatic carbocycles. The number of anilines is 1. The molecule has 0 atom stereocenters. The van der Waals surface area contributed by atoms with Crippen LogP contribution in [0.1, 0.15) is 40.6 Å². The van der Waals surface area contributed by atoms with Crippen LogP contribution in [-0.2, 0) is 0 Å². The van der Waals surface area contributed by atoms with Gasteiger partial charge in [-0.25, -0.2) is 0 Å². The lowest BCUT2D eigenvalue weighted by molar-refractivity contribution is 0.0704. The lowest BCUT2D eigenvalue weighted by Crippen LogP contribution is -2.38. The second-order valence-electron chi connectivity index (χ2n) is 7.83. The third kappa shape index (κ3) is 4.16. The molecule has 6 nitrogen and oxygen atoms in total. The van der Waals surface area contributed by atoms with Crippen LogP contribution in [0.15, 0.2) is 53.1 Å². The van der Waals surface area contributed by atoms with Crippen LogP contribution in [0.3, 0.4) is 0 Å². The molecule has 1 aliphatic rings. The van der Waals surface area contributed by atoms with Crippen LogP contribution < -0.4 is 4.90 Å². The number of hydrogen-bond acceptors (Lipinski definition) is 5. The van der Waals surface area contributed by atoms with Crippen molar-refractivity contribution in [2.75, 3.05) is 32.1 Å². The van der Waals surface area contributed by atoms with E-state index in [2.05, 4.69) is 17.1 Å². The molecule has 3 aromatic rings. The monoisotopic (exact) mass is 390 g/mol. The molecule has 1 aliphatic heterocycles. The van der Waals surface area contributed by atoms with E-state index in [4.69, 9.17) is 4.52 Å². The molecule has 0 radical (unpaired) electrons. The number of hydrogen-bond donors (Lipinski definition) is 0. The molecular weight excluding hydrogens is 364 g/mol. The molecule has 0 spiro atoms. The van der Waals surface area contributed by atoms with Crippen LogP contribution in [0, 0.1) is 6.92 Å². The Labute approximate surface area is 171 Å². The molecule has 0 aliphatic carbocycles. The first-order valence-corrected chi connectivity index (χ1v) is 9.98. The predicted octanol–water partition coefficient (Wildman–Crippen LogP) is 4.13. The molecule has 0 unspecified atom stereocenters. The second kappa shape index (κ2) is 8.07. The number of carbonyl (C=O) groups excluding carboxylic acids is 1. The summed E-state index contributed by atoms with van der Waals surface area (Å²) in [6.45, 7) is 3.44. The van der Waals surface area contributed by atoms with Crippen molar-refractivity contribution in [1.82, 2.24) is 15.0 Å². The quantitative estimate of drug-likeness (QED) is 0.670. The van der Waals surface area contributed by atoms with E-state index in [-0.39, 0.29) is 11.8 Å². The van der Waals surface area contributed by atoms with Crippen molar-refractivity contribution in [2.24, 2.45) is 0 Å². The minimum atomic E-state index is 0.0815. The Morgan fingerprint density at radius 2 is 1.83 bits per heavy atom. The van der Waals surface area contributed by atoms with Crippen LogP contribution in [0.5, 0.6) is 0 Å². The van der Waals surface area contributed by atoms with E-state index >= 15 is 0 Å². The van der Waals surface area contributed by atoms with Gasteiger partial charge in [0.1, 0.15) is 0 Å². The van der Waals surface area contributed by atoms with Gasteiger partial charge >= 0.3 is 0 Å². The summed E-state index contributed by atoms with van der Waals surface area (Å²) in [7, 11) is 3.95. The molecule has 1 aromatic heterocycles. The van der Waals surface area contributed by atoms with Crippen molar-refractivity contribution in [2.45, 2.75) is 25.7 Å². The molecular formula is C23H26N4O2. The number of likely N-dealkylation sites (tertiary alicyclic amines) is 1. The average molecular weight is 390 g/mol. The number of nitrogens with zero attached hydrogens (tertiary/aromatic N) is 4. The highest BCUT2D eigenvalue weighted by Crippen LogP contribution is 2.29. The fraction of sp³-hybridized carbons (Fsp3) is 0.348. The maximum Gasteiger partial charge on any atom is 0.253 e. The summed E-state index contributed by atoms with van der Waals surface area (Å²) < 4.78 is 5.54. The van der Waals surface area contributed by atoms with Gasteiger partial charge < -0.3 is 14.3 Å². The van der Waals surface area contributed by atoms with Crippen LogP contribution in [0.2, 0.25) is 0 Å². The van der Waals surface area contributed by atoms with Gasteiger partial charge in [-0.1, -0.05) is 41.1 Å². The van der Waals surface area contributed by atoms with Crippen molar-refractivity contribution < 1.29 is 9.32 Å². The molecule has 0 N–H and O–H groups in total. The van der Waals surface area contributed by atoms with Crippen molar-refractivity contribution in [3.05, 3.63) is 65.5 Å². The Morgan fingerprint density at radius 3 is 2.52 bits per heavy atom. The van der Waals surface area contributed by atoms with Gasteiger partial charge in [0.15, 0.2) is 0 Å². The van der Waals surface area contributed by atoms with Crippen LogP contribution >= 0.6 is 0 Å². The molecule has 1 saturated heterocycles. The third-order valence-corrected chi connectivity index (χ3v) is 5.49. The topological polar surface area (TPSA) is 62.5 Å². The van der Waals surface area contributed by atoms with Gasteiger partial charge in [0.2, 0.25) is 11.7 Å². The van der Waals surface area contributed by atoms with E-state index in [9.17, 15) is 4.79 Å². The second-order valence-corrected chi connectivity index (χ2v) is 7.83. The fourth-order valence-electron chi connectivity index (χ4n) is 3.65. The number of piperidine rings is 1. The normalized spacial score (nSPS) is 14.8. The largest absolute Gasteiger partial charge is 0.378 e. The van der Waals surface area contributed by atoms with Gasteiger partial charge in [0, 0.05) is 49.9 Å². The number of amides is 1. The van der Waals surface area contributed by atoms with Gasteiger partial charge in [0.05, 0.1) is 0 Å². The molecule has 0 saturated carbocycles. The molecule has 4 rings (SSSR count). The zero-order chi connectivity index (χ0) is 20.4. The van der Waals surface area contributed by atoms with Crippen LogP contribution in [-0.4, -0.2) is 48.1 Å². The van der Waals surface area contributed by atoms with E-state index in [0.29, 0.717) is 24.8 Å². The molecule has 6 heteroatoms. The standard InChI is InChI=1S/C23H26N4O2/c1-16-7-9-17(10-8-16)21-24-22(29-25-21)18-11-13-27(14-12-18)23(28)19-5-4-6-20(15-19)26(2)3/h4-10,15,18H,11-14H2,1-3H3. The summed E-state index contributed by atoms with van der Waals surface area (Å²) in [4.78, 5) is 21.4. The lowest BCUT2D eigenvalue weighted by atomic mass is 9.96. The number of benzene rings is 2. The maximum atomic E-state index is 12.9. The van der Waals surface area contributed by atoms with E-state index in [1.807, 2.05) is 72.4 Å². The van der Waals surface area contributed by atoms with Gasteiger partial charge in [-0.15, -0.1) is 0 Å². The highest BCUT2D eigenvalue weighted by atomic mass is 16.5. The molecule has 2 heterocycles. The molecule has 0 bridgehead atoms. The average Bonchev–Trinajstić information content (AvgIpc) is 3.24. The Balaban J connectivity index is 1.40. The minimum absolute atomic E-state index is 0.0815. The van der Waals surface area contributed by atoms with E-state index < -0.39 is 0 Å². The van der Waals surface area contributed by atoms with Gasteiger partial charge in [-0.2, -0.15) is 4.98 Å². The summed E-state index contributed by atoms with van der Waals surface area (Å²) in [5.74, 6) is 1.57. The van der Waals surface area contributed by atoms with Crippen LogP contribution in [0.4, 0.5) is 5.69 Å². The molecule has 1 fully saturated rings. The van der Waals surface area contributed by atoms with Gasteiger partial charge in [-0.3, -0.25) is 4.79 Å². The highest BCUT2D eigenvalue weighted by molar-refractivity contribution is 5.95. The molecule has 150 valence electrons. The lowest BCUT2D eigenvalue weighted by Gasteiger charge is -2.30. The Kier molecular flexibility index (Phi) is 5.34. The summed E-state index contributed by atoms with van der Waals surface area (Å²) in [6.07, 6.45) is 1.66. The Bertz CT molecular complexity index is 986. The fourth-order valence-corrected chi connectivity index (χ4v) is 3.65. The third-order valence-electron chi connectivity index (χ3n) is 5.49. The maximum absolute atomic E-state index is 12.9. The van der Waals surface area contributed by atoms with E-state index in [0.717, 1.165) is 29.7 Å². The van der Waals surface area contributed by atoms with Crippen LogP contribution in [0.25, 0.3) is 11.4 Å². The van der Waals surface area contributed by atoms with Crippen molar-refractivity contribution in [3.8, 4) is 11.4 Å². The zero-order valence-corrected chi connectivity index (χ0v) is 17.1. The SMILES string of the molecule is Cc1ccc(-c2noc(C3CCN(C(=O)c4cccc(N(C)C)c4)CC3)n2)cc1. The van der Waals surface area contributed by atoms with E-state index in [1.165, 1.54) is 5.56 Å². The molecule has 29 heavy (non-hydrogen) atoms. The van der Waals surface area contributed by atoms with E-state index in [1.54, 1.807) is 0 Å². The zero-order valence-electron chi connectivity index (χ0n) is 17.1. The van der Waals surface area contributed by atoms with Crippen molar-refractivity contribution in [1.29, 1.82) is 0 Å². The Hall–Kier alpha value is -3.15. The highest BCUT2D eigenvalue weighted by Gasteiger charge is 2.28. The van der Waals surface area contributed by atoms with Gasteiger partial charge in [0.25, 0.3) is 5.91 Å². The number of aromatic nitrogens is 2. The molecule has 1 amide bonds. The summed E-state index contributed by atoms with van der Waals surface area (Å²) >= 11 is 0. The smallest absolute Gasteiger partial charge is 0.253 e. The number of carbonyl (C=O) groups is 1. The Morgan fingerprint density at radius 1 is 1.10 bits per heavy atom. The first kappa shape index (κ1) is 19.2. The summed E-state index contributed by atoms with van der Waals surface area (Å²) in [5, 5.41) is 4.15. The van der Waals surface area contributed by atoms with Crippen molar-refractivity contribution in [3.63, 3.8) is 0 Å². The predicted molar refractivity (Wildman–Crippen MR) is 113 cm³/mol.